The van der Waals surface area contributed by atoms with Crippen LogP contribution in [-0.2, 0) is 22.7 Å². The Bertz CT molecular complexity index is 721. The van der Waals surface area contributed by atoms with E-state index < -0.39 is 5.91 Å². The van der Waals surface area contributed by atoms with Crippen LogP contribution in [0.4, 0.5) is 0 Å². The number of carbonyl (C=O) groups excluding carboxylic acids is 2. The SMILES string of the molecule is CC(N)CC(=O)N(CC(N)=O)Cc1ccc(OCc2ccccc2)cc1.Cl. The minimum Gasteiger partial charge on any atom is -0.489 e. The molecule has 2 aromatic carbocycles. The molecule has 4 N–H and O–H groups in total. The minimum atomic E-state index is -0.550. The Hall–Kier alpha value is -2.57. The van der Waals surface area contributed by atoms with Crippen molar-refractivity contribution in [3.05, 3.63) is 65.7 Å². The van der Waals surface area contributed by atoms with Crippen molar-refractivity contribution in [1.29, 1.82) is 0 Å². The molecule has 0 bridgehead atoms. The fourth-order valence-corrected chi connectivity index (χ4v) is 2.48. The molecule has 0 aliphatic heterocycles. The number of benzene rings is 2. The molecule has 1 unspecified atom stereocenters. The summed E-state index contributed by atoms with van der Waals surface area (Å²) < 4.78 is 5.75. The number of nitrogens with two attached hydrogens (primary N) is 2. The summed E-state index contributed by atoms with van der Waals surface area (Å²) in [4.78, 5) is 24.9. The third-order valence-corrected chi connectivity index (χ3v) is 3.74. The van der Waals surface area contributed by atoms with E-state index in [1.54, 1.807) is 6.92 Å². The number of hydrogen-bond donors (Lipinski definition) is 2. The molecule has 27 heavy (non-hydrogen) atoms. The number of rotatable bonds is 9. The first-order valence-electron chi connectivity index (χ1n) is 8.51. The molecule has 0 aliphatic carbocycles. The van der Waals surface area contributed by atoms with Crippen LogP contribution in [0.15, 0.2) is 54.6 Å². The van der Waals surface area contributed by atoms with Gasteiger partial charge < -0.3 is 21.1 Å². The van der Waals surface area contributed by atoms with Crippen molar-refractivity contribution in [2.45, 2.75) is 32.5 Å². The molecule has 0 aromatic heterocycles. The Morgan fingerprint density at radius 1 is 1.04 bits per heavy atom. The zero-order valence-corrected chi connectivity index (χ0v) is 16.2. The monoisotopic (exact) mass is 391 g/mol. The average Bonchev–Trinajstić information content (AvgIpc) is 2.60. The number of hydrogen-bond acceptors (Lipinski definition) is 4. The van der Waals surface area contributed by atoms with Gasteiger partial charge in [0.05, 0.1) is 6.54 Å². The van der Waals surface area contributed by atoms with Gasteiger partial charge in [-0.25, -0.2) is 0 Å². The largest absolute Gasteiger partial charge is 0.489 e. The lowest BCUT2D eigenvalue weighted by Gasteiger charge is -2.22. The van der Waals surface area contributed by atoms with Gasteiger partial charge in [0.2, 0.25) is 11.8 Å². The first-order chi connectivity index (χ1) is 12.4. The van der Waals surface area contributed by atoms with E-state index in [1.807, 2.05) is 54.6 Å². The van der Waals surface area contributed by atoms with Gasteiger partial charge >= 0.3 is 0 Å². The molecule has 0 fully saturated rings. The number of nitrogens with zero attached hydrogens (tertiary/aromatic N) is 1. The van der Waals surface area contributed by atoms with Crippen LogP contribution >= 0.6 is 12.4 Å². The summed E-state index contributed by atoms with van der Waals surface area (Å²) in [7, 11) is 0. The Morgan fingerprint density at radius 3 is 2.22 bits per heavy atom. The summed E-state index contributed by atoms with van der Waals surface area (Å²) >= 11 is 0. The summed E-state index contributed by atoms with van der Waals surface area (Å²) in [5, 5.41) is 0. The smallest absolute Gasteiger partial charge is 0.237 e. The fraction of sp³-hybridized carbons (Fsp3) is 0.300. The van der Waals surface area contributed by atoms with E-state index in [0.717, 1.165) is 16.9 Å². The van der Waals surface area contributed by atoms with Crippen LogP contribution in [0.3, 0.4) is 0 Å². The van der Waals surface area contributed by atoms with E-state index >= 15 is 0 Å². The van der Waals surface area contributed by atoms with Crippen LogP contribution < -0.4 is 16.2 Å². The molecule has 1 atom stereocenters. The van der Waals surface area contributed by atoms with Gasteiger partial charge in [0.15, 0.2) is 0 Å². The van der Waals surface area contributed by atoms with Crippen molar-refractivity contribution in [3.8, 4) is 5.75 Å². The molecule has 146 valence electrons. The molecule has 6 nitrogen and oxygen atoms in total. The van der Waals surface area contributed by atoms with Crippen molar-refractivity contribution in [2.24, 2.45) is 11.5 Å². The highest BCUT2D eigenvalue weighted by atomic mass is 35.5. The number of ether oxygens (including phenoxy) is 1. The second-order valence-corrected chi connectivity index (χ2v) is 6.32. The molecular formula is C20H26ClN3O3. The summed E-state index contributed by atoms with van der Waals surface area (Å²) in [6.45, 7) is 2.41. The van der Waals surface area contributed by atoms with Crippen molar-refractivity contribution in [2.75, 3.05) is 6.54 Å². The Labute approximate surface area is 165 Å². The van der Waals surface area contributed by atoms with Gasteiger partial charge in [-0.15, -0.1) is 12.4 Å². The summed E-state index contributed by atoms with van der Waals surface area (Å²) in [5.74, 6) is -0.00463. The van der Waals surface area contributed by atoms with Crippen LogP contribution in [0.2, 0.25) is 0 Å². The third-order valence-electron chi connectivity index (χ3n) is 3.74. The molecule has 0 saturated carbocycles. The van der Waals surface area contributed by atoms with Gasteiger partial charge in [-0.1, -0.05) is 42.5 Å². The molecule has 0 saturated heterocycles. The molecule has 2 aromatic rings. The van der Waals surface area contributed by atoms with Crippen molar-refractivity contribution < 1.29 is 14.3 Å². The van der Waals surface area contributed by atoms with Gasteiger partial charge in [-0.05, 0) is 30.2 Å². The summed E-state index contributed by atoms with van der Waals surface area (Å²) in [6, 6.07) is 17.0. The fourth-order valence-electron chi connectivity index (χ4n) is 2.48. The lowest BCUT2D eigenvalue weighted by molar-refractivity contribution is -0.136. The molecule has 2 rings (SSSR count). The number of carbonyl (C=O) groups is 2. The van der Waals surface area contributed by atoms with Gasteiger partial charge in [-0.2, -0.15) is 0 Å². The third kappa shape index (κ3) is 8.11. The molecule has 7 heteroatoms. The Kier molecular flexibility index (Phi) is 9.33. The highest BCUT2D eigenvalue weighted by Gasteiger charge is 2.17. The van der Waals surface area contributed by atoms with Crippen LogP contribution in [0, 0.1) is 0 Å². The molecule has 0 aliphatic rings. The average molecular weight is 392 g/mol. The van der Waals surface area contributed by atoms with Crippen LogP contribution in [-0.4, -0.2) is 29.3 Å². The lowest BCUT2D eigenvalue weighted by Crippen LogP contribution is -2.40. The Morgan fingerprint density at radius 2 is 1.67 bits per heavy atom. The molecular weight excluding hydrogens is 366 g/mol. The summed E-state index contributed by atoms with van der Waals surface area (Å²) in [6.07, 6.45) is 0.172. The minimum absolute atomic E-state index is 0. The summed E-state index contributed by atoms with van der Waals surface area (Å²) in [5.41, 5.74) is 12.9. The lowest BCUT2D eigenvalue weighted by atomic mass is 10.1. The van der Waals surface area contributed by atoms with Gasteiger partial charge in [0, 0.05) is 19.0 Å². The van der Waals surface area contributed by atoms with E-state index in [9.17, 15) is 9.59 Å². The maximum Gasteiger partial charge on any atom is 0.237 e. The second kappa shape index (κ2) is 11.2. The zero-order valence-electron chi connectivity index (χ0n) is 15.3. The highest BCUT2D eigenvalue weighted by Crippen LogP contribution is 2.16. The molecule has 0 radical (unpaired) electrons. The van der Waals surface area contributed by atoms with Gasteiger partial charge in [-0.3, -0.25) is 9.59 Å². The number of amides is 2. The number of primary amides is 1. The molecule has 0 spiro atoms. The van der Waals surface area contributed by atoms with Gasteiger partial charge in [0.1, 0.15) is 12.4 Å². The van der Waals surface area contributed by atoms with Gasteiger partial charge in [0.25, 0.3) is 0 Å². The van der Waals surface area contributed by atoms with Crippen LogP contribution in [0.5, 0.6) is 5.75 Å². The van der Waals surface area contributed by atoms with Crippen LogP contribution in [0.25, 0.3) is 0 Å². The van der Waals surface area contributed by atoms with Crippen molar-refractivity contribution in [3.63, 3.8) is 0 Å². The second-order valence-electron chi connectivity index (χ2n) is 6.32. The first-order valence-corrected chi connectivity index (χ1v) is 8.51. The maximum atomic E-state index is 12.2. The normalized spacial score (nSPS) is 11.2. The van der Waals surface area contributed by atoms with Crippen LogP contribution in [0.1, 0.15) is 24.5 Å². The van der Waals surface area contributed by atoms with E-state index in [0.29, 0.717) is 13.2 Å². The topological polar surface area (TPSA) is 98.7 Å². The van der Waals surface area contributed by atoms with E-state index in [1.165, 1.54) is 4.90 Å². The quantitative estimate of drug-likeness (QED) is 0.684. The zero-order chi connectivity index (χ0) is 18.9. The predicted octanol–water partition coefficient (Wildman–Crippen LogP) is 2.24. The molecule has 0 heterocycles. The van der Waals surface area contributed by atoms with E-state index in [4.69, 9.17) is 16.2 Å². The van der Waals surface area contributed by atoms with Crippen molar-refractivity contribution in [1.82, 2.24) is 4.90 Å². The molecule has 2 amide bonds. The van der Waals surface area contributed by atoms with E-state index in [2.05, 4.69) is 0 Å². The predicted molar refractivity (Wildman–Crippen MR) is 107 cm³/mol. The number of halogens is 1. The standard InChI is InChI=1S/C20H25N3O3.ClH/c1-15(21)11-20(25)23(13-19(22)24)12-16-7-9-18(10-8-16)26-14-17-5-3-2-4-6-17;/h2-10,15H,11-14,21H2,1H3,(H2,22,24);1H. The van der Waals surface area contributed by atoms with Crippen molar-refractivity contribution >= 4 is 24.2 Å². The van der Waals surface area contributed by atoms with E-state index in [-0.39, 0.29) is 37.3 Å². The maximum absolute atomic E-state index is 12.2. The Balaban J connectivity index is 0.00000364. The highest BCUT2D eigenvalue weighted by molar-refractivity contribution is 5.85. The first kappa shape index (κ1) is 22.5.